The molecule has 2 N–H and O–H groups in total. The molecule has 25 heavy (non-hydrogen) atoms. The third-order valence-electron chi connectivity index (χ3n) is 5.46. The molecule has 0 unspecified atom stereocenters. The smallest absolute Gasteiger partial charge is 0.222 e. The molecule has 2 aliphatic rings. The summed E-state index contributed by atoms with van der Waals surface area (Å²) in [5.41, 5.74) is 6.95. The number of piperazine rings is 1. The molecule has 0 spiro atoms. The van der Waals surface area contributed by atoms with Crippen LogP contribution in [0.1, 0.15) is 31.5 Å². The van der Waals surface area contributed by atoms with E-state index in [4.69, 9.17) is 5.73 Å². The number of rotatable bonds is 4. The lowest BCUT2D eigenvalue weighted by atomic mass is 9.82. The number of hydrogen-bond donors (Lipinski definition) is 1. The van der Waals surface area contributed by atoms with Crippen LogP contribution in [0.15, 0.2) is 24.3 Å². The fraction of sp³-hybridized carbons (Fsp3) is 0.526. The lowest BCUT2D eigenvalue weighted by molar-refractivity contribution is -0.134. The van der Waals surface area contributed by atoms with Crippen molar-refractivity contribution >= 4 is 22.6 Å². The van der Waals surface area contributed by atoms with Crippen LogP contribution >= 0.6 is 0 Å². The lowest BCUT2D eigenvalue weighted by Crippen LogP contribution is -2.48. The number of benzene rings is 1. The summed E-state index contributed by atoms with van der Waals surface area (Å²) in [4.78, 5) is 25.7. The average molecular weight is 339 g/mol. The number of nitrogens with zero attached hydrogens (tertiary/aromatic N) is 4. The second kappa shape index (κ2) is 6.96. The summed E-state index contributed by atoms with van der Waals surface area (Å²) in [6.45, 7) is 4.02. The van der Waals surface area contributed by atoms with Gasteiger partial charge < -0.3 is 10.6 Å². The van der Waals surface area contributed by atoms with Gasteiger partial charge in [0.15, 0.2) is 0 Å². The Morgan fingerprint density at radius 2 is 1.88 bits per heavy atom. The highest BCUT2D eigenvalue weighted by atomic mass is 16.2. The van der Waals surface area contributed by atoms with E-state index in [1.807, 2.05) is 29.2 Å². The van der Waals surface area contributed by atoms with Crippen LogP contribution in [0.25, 0.3) is 10.9 Å². The fourth-order valence-corrected chi connectivity index (χ4v) is 3.65. The van der Waals surface area contributed by atoms with Crippen LogP contribution in [0.3, 0.4) is 0 Å². The van der Waals surface area contributed by atoms with E-state index < -0.39 is 0 Å². The van der Waals surface area contributed by atoms with Crippen molar-refractivity contribution in [3.05, 3.63) is 30.1 Å². The molecule has 0 radical (unpaired) electrons. The van der Waals surface area contributed by atoms with E-state index in [1.165, 1.54) is 19.3 Å². The molecule has 6 heteroatoms. The molecule has 1 aromatic heterocycles. The van der Waals surface area contributed by atoms with Crippen LogP contribution in [0.2, 0.25) is 0 Å². The van der Waals surface area contributed by atoms with Crippen molar-refractivity contribution in [2.45, 2.75) is 32.2 Å². The zero-order valence-corrected chi connectivity index (χ0v) is 14.5. The molecule has 132 valence electrons. The minimum absolute atomic E-state index is 0.329. The summed E-state index contributed by atoms with van der Waals surface area (Å²) in [5, 5.41) is 0.901. The first-order chi connectivity index (χ1) is 12.2. The molecule has 1 saturated carbocycles. The molecule has 1 amide bonds. The van der Waals surface area contributed by atoms with Gasteiger partial charge in [0.05, 0.1) is 12.1 Å². The van der Waals surface area contributed by atoms with Gasteiger partial charge in [-0.2, -0.15) is 0 Å². The summed E-state index contributed by atoms with van der Waals surface area (Å²) in [6, 6.07) is 7.82. The molecule has 1 aliphatic heterocycles. The van der Waals surface area contributed by atoms with Gasteiger partial charge in [0.2, 0.25) is 5.91 Å². The van der Waals surface area contributed by atoms with Gasteiger partial charge in [-0.05, 0) is 30.9 Å². The van der Waals surface area contributed by atoms with Crippen molar-refractivity contribution in [3.63, 3.8) is 0 Å². The SMILES string of the molecule is Nc1nc(CN2CCN(C(=O)CC3CCC3)CC2)nc2ccccc12. The van der Waals surface area contributed by atoms with E-state index >= 15 is 0 Å². The van der Waals surface area contributed by atoms with Gasteiger partial charge in [-0.25, -0.2) is 9.97 Å². The Bertz CT molecular complexity index is 765. The maximum absolute atomic E-state index is 12.3. The van der Waals surface area contributed by atoms with Crippen LogP contribution < -0.4 is 5.73 Å². The Kier molecular flexibility index (Phi) is 4.53. The molecule has 1 saturated heterocycles. The van der Waals surface area contributed by atoms with Crippen molar-refractivity contribution in [1.82, 2.24) is 19.8 Å². The first-order valence-electron chi connectivity index (χ1n) is 9.20. The largest absolute Gasteiger partial charge is 0.383 e. The van der Waals surface area contributed by atoms with Crippen molar-refractivity contribution in [3.8, 4) is 0 Å². The molecule has 6 nitrogen and oxygen atoms in total. The highest BCUT2D eigenvalue weighted by Crippen LogP contribution is 2.30. The fourth-order valence-electron chi connectivity index (χ4n) is 3.65. The van der Waals surface area contributed by atoms with E-state index in [0.29, 0.717) is 24.2 Å². The standard InChI is InChI=1S/C19H25N5O/c20-19-15-6-1-2-7-16(15)21-17(22-19)13-23-8-10-24(11-9-23)18(25)12-14-4-3-5-14/h1-2,6-7,14H,3-5,8-13H2,(H2,20,21,22). The van der Waals surface area contributed by atoms with Crippen LogP contribution in [0.4, 0.5) is 5.82 Å². The van der Waals surface area contributed by atoms with Crippen molar-refractivity contribution in [2.75, 3.05) is 31.9 Å². The van der Waals surface area contributed by atoms with Crippen molar-refractivity contribution in [1.29, 1.82) is 0 Å². The Balaban J connectivity index is 1.34. The molecule has 2 aromatic rings. The van der Waals surface area contributed by atoms with Gasteiger partial charge in [0.1, 0.15) is 11.6 Å². The summed E-state index contributed by atoms with van der Waals surface area (Å²) < 4.78 is 0. The first-order valence-corrected chi connectivity index (χ1v) is 9.20. The van der Waals surface area contributed by atoms with Gasteiger partial charge >= 0.3 is 0 Å². The third-order valence-corrected chi connectivity index (χ3v) is 5.46. The summed E-state index contributed by atoms with van der Waals surface area (Å²) >= 11 is 0. The van der Waals surface area contributed by atoms with E-state index in [-0.39, 0.29) is 0 Å². The Labute approximate surface area is 148 Å². The van der Waals surface area contributed by atoms with E-state index in [2.05, 4.69) is 14.9 Å². The molecule has 1 aromatic carbocycles. The molecule has 2 fully saturated rings. The Morgan fingerprint density at radius 1 is 1.12 bits per heavy atom. The summed E-state index contributed by atoms with van der Waals surface area (Å²) in [5.74, 6) is 2.26. The number of hydrogen-bond acceptors (Lipinski definition) is 5. The highest BCUT2D eigenvalue weighted by molar-refractivity contribution is 5.87. The number of amides is 1. The average Bonchev–Trinajstić information content (AvgIpc) is 2.59. The Hall–Kier alpha value is -2.21. The predicted molar refractivity (Wildman–Crippen MR) is 97.8 cm³/mol. The van der Waals surface area contributed by atoms with Gasteiger partial charge in [-0.15, -0.1) is 0 Å². The third kappa shape index (κ3) is 3.58. The molecule has 2 heterocycles. The maximum atomic E-state index is 12.3. The number of fused-ring (bicyclic) bond motifs is 1. The first kappa shape index (κ1) is 16.3. The maximum Gasteiger partial charge on any atom is 0.222 e. The van der Waals surface area contributed by atoms with Crippen molar-refractivity contribution in [2.24, 2.45) is 5.92 Å². The van der Waals surface area contributed by atoms with Crippen LogP contribution in [-0.2, 0) is 11.3 Å². The number of anilines is 1. The zero-order valence-electron chi connectivity index (χ0n) is 14.5. The second-order valence-electron chi connectivity index (χ2n) is 7.20. The minimum atomic E-state index is 0.329. The summed E-state index contributed by atoms with van der Waals surface area (Å²) in [7, 11) is 0. The second-order valence-corrected chi connectivity index (χ2v) is 7.20. The highest BCUT2D eigenvalue weighted by Gasteiger charge is 2.26. The van der Waals surface area contributed by atoms with Crippen LogP contribution in [-0.4, -0.2) is 51.9 Å². The molecule has 0 atom stereocenters. The van der Waals surface area contributed by atoms with Crippen LogP contribution in [0.5, 0.6) is 0 Å². The van der Waals surface area contributed by atoms with Gasteiger partial charge in [0, 0.05) is 38.0 Å². The van der Waals surface area contributed by atoms with Crippen LogP contribution in [0, 0.1) is 5.92 Å². The monoisotopic (exact) mass is 339 g/mol. The molecule has 0 bridgehead atoms. The molecule has 1 aliphatic carbocycles. The quantitative estimate of drug-likeness (QED) is 0.923. The van der Waals surface area contributed by atoms with E-state index in [0.717, 1.165) is 49.3 Å². The van der Waals surface area contributed by atoms with Gasteiger partial charge in [-0.1, -0.05) is 18.6 Å². The van der Waals surface area contributed by atoms with E-state index in [1.54, 1.807) is 0 Å². The number of nitrogens with two attached hydrogens (primary N) is 1. The normalized spacial score (nSPS) is 19.1. The molecule has 4 rings (SSSR count). The zero-order chi connectivity index (χ0) is 17.2. The predicted octanol–water partition coefficient (Wildman–Crippen LogP) is 2.05. The number of carbonyl (C=O) groups is 1. The minimum Gasteiger partial charge on any atom is -0.383 e. The number of aromatic nitrogens is 2. The van der Waals surface area contributed by atoms with E-state index in [9.17, 15) is 4.79 Å². The lowest BCUT2D eigenvalue weighted by Gasteiger charge is -2.36. The van der Waals surface area contributed by atoms with Crippen molar-refractivity contribution < 1.29 is 4.79 Å². The molecular weight excluding hydrogens is 314 g/mol. The number of para-hydroxylation sites is 1. The Morgan fingerprint density at radius 3 is 2.60 bits per heavy atom. The number of carbonyl (C=O) groups excluding carboxylic acids is 1. The van der Waals surface area contributed by atoms with Gasteiger partial charge in [-0.3, -0.25) is 9.69 Å². The number of nitrogen functional groups attached to an aromatic ring is 1. The summed E-state index contributed by atoms with van der Waals surface area (Å²) in [6.07, 6.45) is 4.49. The topological polar surface area (TPSA) is 75.3 Å². The molecular formula is C19H25N5O. The van der Waals surface area contributed by atoms with Gasteiger partial charge in [0.25, 0.3) is 0 Å².